The van der Waals surface area contributed by atoms with Gasteiger partial charge in [0.25, 0.3) is 0 Å². The van der Waals surface area contributed by atoms with Gasteiger partial charge in [0.05, 0.1) is 22.3 Å². The summed E-state index contributed by atoms with van der Waals surface area (Å²) in [6.45, 7) is 1.59. The van der Waals surface area contributed by atoms with Crippen LogP contribution in [0.1, 0.15) is 13.3 Å². The van der Waals surface area contributed by atoms with Gasteiger partial charge in [0.15, 0.2) is 0 Å². The number of carbonyl (C=O) groups excluding carboxylic acids is 1. The number of amides is 1. The molecule has 5 heteroatoms. The first kappa shape index (κ1) is 10.4. The summed E-state index contributed by atoms with van der Waals surface area (Å²) in [5.41, 5.74) is -0.469. The zero-order valence-electron chi connectivity index (χ0n) is 8.13. The molecular weight excluding hydrogens is 219 g/mol. The molecule has 3 nitrogen and oxygen atoms in total. The van der Waals surface area contributed by atoms with E-state index >= 15 is 0 Å². The van der Waals surface area contributed by atoms with Gasteiger partial charge in [-0.3, -0.25) is 9.78 Å². The number of rotatable bonds is 2. The fourth-order valence-corrected chi connectivity index (χ4v) is 1.44. The van der Waals surface area contributed by atoms with Gasteiger partial charge < -0.3 is 5.32 Å². The number of nitrogens with zero attached hydrogens (tertiary/aromatic N) is 1. The minimum absolute atomic E-state index is 0.275. The van der Waals surface area contributed by atoms with Crippen LogP contribution in [0.5, 0.6) is 0 Å². The van der Waals surface area contributed by atoms with Crippen LogP contribution in [0.3, 0.4) is 0 Å². The number of hydrogen-bond donors (Lipinski definition) is 1. The van der Waals surface area contributed by atoms with Crippen LogP contribution in [0.2, 0.25) is 5.02 Å². The standard InChI is InChI=1S/C10H10ClFN2O/c1-10(4-8(10)12)9(15)14-7-5-13-3-2-6(7)11/h2-3,5,8H,4H2,1H3,(H,14,15). The topological polar surface area (TPSA) is 42.0 Å². The summed E-state index contributed by atoms with van der Waals surface area (Å²) in [6, 6.07) is 1.57. The molecule has 1 heterocycles. The normalized spacial score (nSPS) is 28.6. The Balaban J connectivity index is 2.10. The number of aromatic nitrogens is 1. The largest absolute Gasteiger partial charge is 0.323 e. The Hall–Kier alpha value is -1.16. The van der Waals surface area contributed by atoms with Gasteiger partial charge in [-0.15, -0.1) is 0 Å². The molecule has 1 amide bonds. The Morgan fingerprint density at radius 1 is 1.80 bits per heavy atom. The van der Waals surface area contributed by atoms with Gasteiger partial charge in [0.2, 0.25) is 5.91 Å². The summed E-state index contributed by atoms with van der Waals surface area (Å²) in [6.07, 6.45) is 2.19. The SMILES string of the molecule is CC1(C(=O)Nc2cnccc2Cl)CC1F. The van der Waals surface area contributed by atoms with Gasteiger partial charge in [-0.2, -0.15) is 0 Å². The average molecular weight is 229 g/mol. The number of nitrogens with one attached hydrogen (secondary N) is 1. The Labute approximate surface area is 91.7 Å². The first-order chi connectivity index (χ1) is 7.04. The van der Waals surface area contributed by atoms with E-state index in [1.54, 1.807) is 13.0 Å². The molecular formula is C10H10ClFN2O. The van der Waals surface area contributed by atoms with Crippen molar-refractivity contribution >= 4 is 23.2 Å². The van der Waals surface area contributed by atoms with Crippen LogP contribution in [0, 0.1) is 5.41 Å². The molecule has 2 atom stereocenters. The zero-order chi connectivity index (χ0) is 11.1. The zero-order valence-corrected chi connectivity index (χ0v) is 8.88. The highest BCUT2D eigenvalue weighted by molar-refractivity contribution is 6.33. The predicted octanol–water partition coefficient (Wildman–Crippen LogP) is 2.42. The van der Waals surface area contributed by atoms with Crippen molar-refractivity contribution in [3.05, 3.63) is 23.5 Å². The van der Waals surface area contributed by atoms with Crippen molar-refractivity contribution in [2.24, 2.45) is 5.41 Å². The quantitative estimate of drug-likeness (QED) is 0.845. The van der Waals surface area contributed by atoms with E-state index in [2.05, 4.69) is 10.3 Å². The number of pyridine rings is 1. The third kappa shape index (κ3) is 1.81. The maximum absolute atomic E-state index is 12.9. The van der Waals surface area contributed by atoms with Gasteiger partial charge in [-0.25, -0.2) is 4.39 Å². The third-order valence-corrected chi connectivity index (χ3v) is 3.00. The third-order valence-electron chi connectivity index (χ3n) is 2.67. The van der Waals surface area contributed by atoms with Crippen LogP contribution < -0.4 is 5.32 Å². The molecule has 0 spiro atoms. The smallest absolute Gasteiger partial charge is 0.233 e. The lowest BCUT2D eigenvalue weighted by Gasteiger charge is -2.10. The molecule has 2 rings (SSSR count). The lowest BCUT2D eigenvalue weighted by molar-refractivity contribution is -0.121. The molecule has 1 fully saturated rings. The van der Waals surface area contributed by atoms with Crippen LogP contribution in [0.4, 0.5) is 10.1 Å². The lowest BCUT2D eigenvalue weighted by Crippen LogP contribution is -2.23. The molecule has 0 saturated heterocycles. The van der Waals surface area contributed by atoms with Crippen LogP contribution in [-0.2, 0) is 4.79 Å². The van der Waals surface area contributed by atoms with E-state index in [0.29, 0.717) is 10.7 Å². The molecule has 0 aliphatic heterocycles. The van der Waals surface area contributed by atoms with Crippen molar-refractivity contribution in [1.82, 2.24) is 4.98 Å². The number of hydrogen-bond acceptors (Lipinski definition) is 2. The number of anilines is 1. The summed E-state index contributed by atoms with van der Waals surface area (Å²) in [5, 5.41) is 2.97. The van der Waals surface area contributed by atoms with Crippen LogP contribution in [0.15, 0.2) is 18.5 Å². The molecule has 1 saturated carbocycles. The summed E-state index contributed by atoms with van der Waals surface area (Å²) in [5.74, 6) is -0.343. The average Bonchev–Trinajstić information content (AvgIpc) is 2.80. The van der Waals surface area contributed by atoms with Gasteiger partial charge in [0, 0.05) is 6.20 Å². The van der Waals surface area contributed by atoms with Gasteiger partial charge in [-0.1, -0.05) is 11.6 Å². The molecule has 80 valence electrons. The molecule has 0 bridgehead atoms. The van der Waals surface area contributed by atoms with Crippen molar-refractivity contribution in [3.63, 3.8) is 0 Å². The van der Waals surface area contributed by atoms with Crippen molar-refractivity contribution in [3.8, 4) is 0 Å². The number of halogens is 2. The molecule has 1 aromatic rings. The maximum Gasteiger partial charge on any atom is 0.233 e. The summed E-state index contributed by atoms with van der Waals surface area (Å²) in [4.78, 5) is 15.4. The predicted molar refractivity (Wildman–Crippen MR) is 55.5 cm³/mol. The van der Waals surface area contributed by atoms with Gasteiger partial charge in [-0.05, 0) is 19.4 Å². The highest BCUT2D eigenvalue weighted by atomic mass is 35.5. The fraction of sp³-hybridized carbons (Fsp3) is 0.400. The van der Waals surface area contributed by atoms with Crippen molar-refractivity contribution < 1.29 is 9.18 Å². The first-order valence-corrected chi connectivity index (χ1v) is 4.97. The van der Waals surface area contributed by atoms with Crippen molar-refractivity contribution in [2.45, 2.75) is 19.5 Å². The van der Waals surface area contributed by atoms with E-state index in [0.717, 1.165) is 0 Å². The first-order valence-electron chi connectivity index (χ1n) is 4.59. The highest BCUT2D eigenvalue weighted by Crippen LogP contribution is 2.49. The van der Waals surface area contributed by atoms with Crippen molar-refractivity contribution in [2.75, 3.05) is 5.32 Å². The second-order valence-corrected chi connectivity index (χ2v) is 4.31. The molecule has 15 heavy (non-hydrogen) atoms. The van der Waals surface area contributed by atoms with E-state index in [4.69, 9.17) is 11.6 Å². The molecule has 1 aliphatic carbocycles. The Bertz CT molecular complexity index is 412. The lowest BCUT2D eigenvalue weighted by atomic mass is 10.1. The molecule has 0 aromatic carbocycles. The van der Waals surface area contributed by atoms with E-state index in [1.807, 2.05) is 0 Å². The van der Waals surface area contributed by atoms with Crippen LogP contribution in [-0.4, -0.2) is 17.1 Å². The van der Waals surface area contributed by atoms with Gasteiger partial charge >= 0.3 is 0 Å². The monoisotopic (exact) mass is 228 g/mol. The molecule has 0 radical (unpaired) electrons. The molecule has 2 unspecified atom stereocenters. The molecule has 1 aliphatic rings. The highest BCUT2D eigenvalue weighted by Gasteiger charge is 2.57. The Kier molecular flexibility index (Phi) is 2.38. The van der Waals surface area contributed by atoms with Crippen LogP contribution >= 0.6 is 11.6 Å². The van der Waals surface area contributed by atoms with E-state index in [9.17, 15) is 9.18 Å². The molecule has 1 aromatic heterocycles. The minimum atomic E-state index is -1.05. The summed E-state index contributed by atoms with van der Waals surface area (Å²) in [7, 11) is 0. The van der Waals surface area contributed by atoms with E-state index in [-0.39, 0.29) is 12.3 Å². The van der Waals surface area contributed by atoms with E-state index in [1.165, 1.54) is 12.4 Å². The minimum Gasteiger partial charge on any atom is -0.323 e. The fourth-order valence-electron chi connectivity index (χ4n) is 1.28. The summed E-state index contributed by atoms with van der Waals surface area (Å²) < 4.78 is 12.9. The van der Waals surface area contributed by atoms with Crippen LogP contribution in [0.25, 0.3) is 0 Å². The molecule has 1 N–H and O–H groups in total. The second kappa shape index (κ2) is 3.45. The maximum atomic E-state index is 12.9. The number of carbonyl (C=O) groups is 1. The van der Waals surface area contributed by atoms with Gasteiger partial charge in [0.1, 0.15) is 6.17 Å². The summed E-state index contributed by atoms with van der Waals surface area (Å²) >= 11 is 5.83. The van der Waals surface area contributed by atoms with Crippen molar-refractivity contribution in [1.29, 1.82) is 0 Å². The number of alkyl halides is 1. The second-order valence-electron chi connectivity index (χ2n) is 3.90. The Morgan fingerprint density at radius 3 is 3.00 bits per heavy atom. The van der Waals surface area contributed by atoms with E-state index < -0.39 is 11.6 Å². The Morgan fingerprint density at radius 2 is 2.47 bits per heavy atom.